The fraction of sp³-hybridized carbons (Fsp3) is 0.818. The highest BCUT2D eigenvalue weighted by Gasteiger charge is 2.25. The monoisotopic (exact) mass is 305 g/mol. The molecule has 2 heterocycles. The van der Waals surface area contributed by atoms with Gasteiger partial charge in [0, 0.05) is 24.3 Å². The lowest BCUT2D eigenvalue weighted by Gasteiger charge is -2.22. The fourth-order valence-corrected chi connectivity index (χ4v) is 4.64. The fourth-order valence-electron chi connectivity index (χ4n) is 1.99. The van der Waals surface area contributed by atoms with Crippen LogP contribution in [0.15, 0.2) is 8.68 Å². The van der Waals surface area contributed by atoms with Gasteiger partial charge >= 0.3 is 0 Å². The van der Waals surface area contributed by atoms with E-state index < -0.39 is 0 Å². The Balaban J connectivity index is 1.84. The standard InChI is InChI=1S/C11H19N3OS3/c1-3-12-9(8-4-5-15-6-8)7-17-11-14-13-10(16-2)18-11/h8-9,12H,3-7H2,1-2H3. The zero-order valence-electron chi connectivity index (χ0n) is 10.7. The van der Waals surface area contributed by atoms with Crippen LogP contribution >= 0.6 is 34.9 Å². The number of rotatable bonds is 7. The molecule has 1 aromatic rings. The van der Waals surface area contributed by atoms with E-state index >= 15 is 0 Å². The number of hydrogen-bond donors (Lipinski definition) is 1. The molecular weight excluding hydrogens is 286 g/mol. The molecule has 0 bridgehead atoms. The smallest absolute Gasteiger partial charge is 0.175 e. The Bertz CT molecular complexity index is 355. The molecule has 0 radical (unpaired) electrons. The maximum Gasteiger partial charge on any atom is 0.175 e. The second-order valence-electron chi connectivity index (χ2n) is 4.14. The van der Waals surface area contributed by atoms with Crippen LogP contribution in [0.25, 0.3) is 0 Å². The molecule has 102 valence electrons. The third-order valence-corrected chi connectivity index (χ3v) is 6.10. The Morgan fingerprint density at radius 2 is 2.33 bits per heavy atom. The molecule has 1 saturated heterocycles. The van der Waals surface area contributed by atoms with Crippen LogP contribution in [0.3, 0.4) is 0 Å². The first-order chi connectivity index (χ1) is 8.83. The summed E-state index contributed by atoms with van der Waals surface area (Å²) in [6, 6.07) is 0.518. The topological polar surface area (TPSA) is 47.0 Å². The SMILES string of the molecule is CCNC(CSc1nnc(SC)s1)C1CCOC1. The predicted molar refractivity (Wildman–Crippen MR) is 78.8 cm³/mol. The Morgan fingerprint density at radius 1 is 1.50 bits per heavy atom. The van der Waals surface area contributed by atoms with Crippen LogP contribution in [0.2, 0.25) is 0 Å². The number of hydrogen-bond acceptors (Lipinski definition) is 7. The second kappa shape index (κ2) is 7.69. The Morgan fingerprint density at radius 3 is 2.94 bits per heavy atom. The Kier molecular flexibility index (Phi) is 6.23. The van der Waals surface area contributed by atoms with Gasteiger partial charge in [-0.25, -0.2) is 0 Å². The molecule has 2 unspecified atom stereocenters. The largest absolute Gasteiger partial charge is 0.381 e. The van der Waals surface area contributed by atoms with Crippen LogP contribution in [0, 0.1) is 5.92 Å². The van der Waals surface area contributed by atoms with Gasteiger partial charge in [0.15, 0.2) is 8.68 Å². The lowest BCUT2D eigenvalue weighted by Crippen LogP contribution is -2.38. The van der Waals surface area contributed by atoms with E-state index in [1.54, 1.807) is 34.9 Å². The third-order valence-electron chi connectivity index (χ3n) is 2.95. The van der Waals surface area contributed by atoms with Gasteiger partial charge in [0.2, 0.25) is 0 Å². The summed E-state index contributed by atoms with van der Waals surface area (Å²) in [4.78, 5) is 0. The summed E-state index contributed by atoms with van der Waals surface area (Å²) in [5, 5.41) is 11.9. The van der Waals surface area contributed by atoms with Crippen LogP contribution in [0.5, 0.6) is 0 Å². The van der Waals surface area contributed by atoms with E-state index in [2.05, 4.69) is 22.4 Å². The van der Waals surface area contributed by atoms with Gasteiger partial charge in [0.25, 0.3) is 0 Å². The van der Waals surface area contributed by atoms with Crippen LogP contribution < -0.4 is 5.32 Å². The van der Waals surface area contributed by atoms with E-state index in [0.717, 1.165) is 34.2 Å². The summed E-state index contributed by atoms with van der Waals surface area (Å²) in [7, 11) is 0. The van der Waals surface area contributed by atoms with Crippen molar-refractivity contribution >= 4 is 34.9 Å². The number of aromatic nitrogens is 2. The van der Waals surface area contributed by atoms with Crippen LogP contribution in [-0.4, -0.2) is 48.0 Å². The van der Waals surface area contributed by atoms with E-state index in [4.69, 9.17) is 4.74 Å². The highest BCUT2D eigenvalue weighted by molar-refractivity contribution is 8.03. The van der Waals surface area contributed by atoms with Gasteiger partial charge in [-0.15, -0.1) is 10.2 Å². The molecule has 0 aliphatic carbocycles. The molecule has 4 nitrogen and oxygen atoms in total. The zero-order chi connectivity index (χ0) is 12.8. The summed E-state index contributed by atoms with van der Waals surface area (Å²) in [6.45, 7) is 4.97. The van der Waals surface area contributed by atoms with Gasteiger partial charge < -0.3 is 10.1 Å². The van der Waals surface area contributed by atoms with Crippen molar-refractivity contribution in [3.05, 3.63) is 0 Å². The highest BCUT2D eigenvalue weighted by Crippen LogP contribution is 2.29. The minimum Gasteiger partial charge on any atom is -0.381 e. The van der Waals surface area contributed by atoms with Crippen molar-refractivity contribution in [3.8, 4) is 0 Å². The first-order valence-electron chi connectivity index (χ1n) is 6.15. The minimum absolute atomic E-state index is 0.518. The number of nitrogens with zero attached hydrogens (tertiary/aromatic N) is 2. The summed E-state index contributed by atoms with van der Waals surface area (Å²) in [5.41, 5.74) is 0. The van der Waals surface area contributed by atoms with Crippen molar-refractivity contribution in [2.24, 2.45) is 5.92 Å². The summed E-state index contributed by atoms with van der Waals surface area (Å²) >= 11 is 5.14. The van der Waals surface area contributed by atoms with Crippen molar-refractivity contribution < 1.29 is 4.74 Å². The Hall–Kier alpha value is 0.180. The van der Waals surface area contributed by atoms with Crippen LogP contribution in [0.4, 0.5) is 0 Å². The molecule has 1 N–H and O–H groups in total. The molecule has 2 atom stereocenters. The van der Waals surface area contributed by atoms with E-state index in [-0.39, 0.29) is 0 Å². The van der Waals surface area contributed by atoms with Gasteiger partial charge in [-0.2, -0.15) is 0 Å². The molecule has 0 spiro atoms. The number of thioether (sulfide) groups is 2. The molecule has 2 rings (SSSR count). The van der Waals surface area contributed by atoms with Crippen molar-refractivity contribution in [2.75, 3.05) is 31.8 Å². The molecule has 0 saturated carbocycles. The maximum absolute atomic E-state index is 5.48. The van der Waals surface area contributed by atoms with Gasteiger partial charge in [0.1, 0.15) is 0 Å². The molecule has 0 amide bonds. The highest BCUT2D eigenvalue weighted by atomic mass is 32.2. The normalized spacial score (nSPS) is 21.3. The van der Waals surface area contributed by atoms with Crippen molar-refractivity contribution in [2.45, 2.75) is 28.1 Å². The first kappa shape index (κ1) is 14.6. The molecule has 1 aliphatic rings. The number of nitrogens with one attached hydrogen (secondary N) is 1. The maximum atomic E-state index is 5.48. The zero-order valence-corrected chi connectivity index (χ0v) is 13.2. The molecule has 1 aliphatic heterocycles. The van der Waals surface area contributed by atoms with Gasteiger partial charge in [-0.05, 0) is 19.2 Å². The minimum atomic E-state index is 0.518. The summed E-state index contributed by atoms with van der Waals surface area (Å²) in [5.74, 6) is 1.69. The lowest BCUT2D eigenvalue weighted by molar-refractivity contribution is 0.179. The van der Waals surface area contributed by atoms with Crippen molar-refractivity contribution in [1.82, 2.24) is 15.5 Å². The molecule has 1 fully saturated rings. The molecule has 1 aromatic heterocycles. The average Bonchev–Trinajstić information content (AvgIpc) is 3.05. The number of ether oxygens (including phenoxy) is 1. The van der Waals surface area contributed by atoms with Gasteiger partial charge in [-0.1, -0.05) is 41.8 Å². The van der Waals surface area contributed by atoms with Crippen LogP contribution in [0.1, 0.15) is 13.3 Å². The average molecular weight is 305 g/mol. The summed E-state index contributed by atoms with van der Waals surface area (Å²) < 4.78 is 7.59. The first-order valence-corrected chi connectivity index (χ1v) is 9.17. The van der Waals surface area contributed by atoms with Crippen LogP contribution in [-0.2, 0) is 4.74 Å². The van der Waals surface area contributed by atoms with E-state index in [1.165, 1.54) is 6.42 Å². The third kappa shape index (κ3) is 4.09. The second-order valence-corrected chi connectivity index (χ2v) is 7.43. The van der Waals surface area contributed by atoms with Gasteiger partial charge in [-0.3, -0.25) is 0 Å². The van der Waals surface area contributed by atoms with Gasteiger partial charge in [0.05, 0.1) is 6.61 Å². The van der Waals surface area contributed by atoms with E-state index in [1.807, 2.05) is 6.26 Å². The summed E-state index contributed by atoms with van der Waals surface area (Å²) in [6.07, 6.45) is 3.21. The predicted octanol–water partition coefficient (Wildman–Crippen LogP) is 2.37. The molecule has 7 heteroatoms. The lowest BCUT2D eigenvalue weighted by atomic mass is 10.0. The van der Waals surface area contributed by atoms with E-state index in [0.29, 0.717) is 12.0 Å². The van der Waals surface area contributed by atoms with Crippen molar-refractivity contribution in [3.63, 3.8) is 0 Å². The molecule has 0 aromatic carbocycles. The molecule has 18 heavy (non-hydrogen) atoms. The molecular formula is C11H19N3OS3. The Labute approximate surface area is 121 Å². The van der Waals surface area contributed by atoms with Crippen molar-refractivity contribution in [1.29, 1.82) is 0 Å². The quantitative estimate of drug-likeness (QED) is 0.780. The van der Waals surface area contributed by atoms with E-state index in [9.17, 15) is 0 Å².